The average Bonchev–Trinajstić information content (AvgIpc) is 2.75. The lowest BCUT2D eigenvalue weighted by Gasteiger charge is -2.07. The van der Waals surface area contributed by atoms with Gasteiger partial charge in [-0.05, 0) is 38.4 Å². The predicted octanol–water partition coefficient (Wildman–Crippen LogP) is 1.69. The van der Waals surface area contributed by atoms with Crippen molar-refractivity contribution in [3.63, 3.8) is 0 Å². The molecule has 0 aliphatic heterocycles. The molecule has 0 aromatic carbocycles. The van der Waals surface area contributed by atoms with Gasteiger partial charge in [0.05, 0.1) is 24.5 Å². The summed E-state index contributed by atoms with van der Waals surface area (Å²) in [4.78, 5) is 49.2. The third-order valence-corrected chi connectivity index (χ3v) is 3.03. The van der Waals surface area contributed by atoms with E-state index in [2.05, 4.69) is 14.9 Å². The largest absolute Gasteiger partial charge is 0.464 e. The van der Waals surface area contributed by atoms with Crippen molar-refractivity contribution in [2.75, 3.05) is 13.2 Å². The number of nitrogens with one attached hydrogen (secondary N) is 1. The van der Waals surface area contributed by atoms with Crippen molar-refractivity contribution in [3.05, 3.63) is 27.4 Å². The normalized spacial score (nSPS) is 11.6. The zero-order valence-corrected chi connectivity index (χ0v) is 12.9. The van der Waals surface area contributed by atoms with Gasteiger partial charge in [-0.3, -0.25) is 4.79 Å². The van der Waals surface area contributed by atoms with Crippen molar-refractivity contribution < 1.29 is 23.9 Å². The van der Waals surface area contributed by atoms with Gasteiger partial charge in [-0.2, -0.15) is 0 Å². The second-order valence-electron chi connectivity index (χ2n) is 4.47. The smallest absolute Gasteiger partial charge is 0.342 e. The number of rotatable bonds is 7. The number of esters is 2. The summed E-state index contributed by atoms with van der Waals surface area (Å²) in [5.41, 5.74) is 0.892. The molecule has 1 rings (SSSR count). The summed E-state index contributed by atoms with van der Waals surface area (Å²) in [6, 6.07) is -1.80. The molecule has 0 amide bonds. The van der Waals surface area contributed by atoms with Gasteiger partial charge >= 0.3 is 11.9 Å². The summed E-state index contributed by atoms with van der Waals surface area (Å²) >= 11 is 0. The lowest BCUT2D eigenvalue weighted by atomic mass is 10.0. The fourth-order valence-electron chi connectivity index (χ4n) is 2.06. The number of hydrogen-bond donors (Lipinski definition) is 1. The topological polar surface area (TPSA) is 115 Å². The molecule has 120 valence electrons. The number of nitroso groups, excluding NO2 is 1. The van der Waals surface area contributed by atoms with Gasteiger partial charge < -0.3 is 14.5 Å². The number of aromatic amines is 1. The minimum absolute atomic E-state index is 0.0228. The molecule has 0 fully saturated rings. The number of H-pyrrole nitrogens is 1. The van der Waals surface area contributed by atoms with Gasteiger partial charge in [0.2, 0.25) is 5.78 Å². The van der Waals surface area contributed by atoms with Crippen LogP contribution in [0, 0.1) is 18.8 Å². The van der Waals surface area contributed by atoms with Crippen LogP contribution in [0.4, 0.5) is 0 Å². The molecule has 1 N–H and O–H groups in total. The van der Waals surface area contributed by atoms with Crippen LogP contribution in [0.5, 0.6) is 0 Å². The first-order valence-corrected chi connectivity index (χ1v) is 6.78. The van der Waals surface area contributed by atoms with Gasteiger partial charge in [-0.1, -0.05) is 0 Å². The molecule has 22 heavy (non-hydrogen) atoms. The quantitative estimate of drug-likeness (QED) is 0.354. The highest BCUT2D eigenvalue weighted by atomic mass is 16.5. The van der Waals surface area contributed by atoms with Crippen LogP contribution < -0.4 is 0 Å². The zero-order chi connectivity index (χ0) is 16.9. The number of Topliss-reactive ketones (excluding diaryl/α,β-unsaturated/α-hetero) is 1. The maximum Gasteiger partial charge on any atom is 0.342 e. The van der Waals surface area contributed by atoms with Crippen molar-refractivity contribution in [2.24, 2.45) is 5.18 Å². The third kappa shape index (κ3) is 3.38. The van der Waals surface area contributed by atoms with Crippen LogP contribution in [0.3, 0.4) is 0 Å². The van der Waals surface area contributed by atoms with Crippen LogP contribution in [-0.4, -0.2) is 42.0 Å². The van der Waals surface area contributed by atoms with E-state index < -0.39 is 23.8 Å². The Morgan fingerprint density at radius 3 is 2.23 bits per heavy atom. The Labute approximate surface area is 127 Å². The van der Waals surface area contributed by atoms with Crippen LogP contribution in [0.2, 0.25) is 0 Å². The van der Waals surface area contributed by atoms with E-state index in [1.807, 2.05) is 0 Å². The first kappa shape index (κ1) is 17.5. The SMILES string of the molecule is CCOC(=O)c1c(C)[nH]c(C(=O)[C@H](N=O)C(=O)OCC)c1C. The van der Waals surface area contributed by atoms with E-state index in [1.54, 1.807) is 20.8 Å². The second-order valence-corrected chi connectivity index (χ2v) is 4.47. The molecule has 0 saturated heterocycles. The Morgan fingerprint density at radius 1 is 1.14 bits per heavy atom. The summed E-state index contributed by atoms with van der Waals surface area (Å²) in [7, 11) is 0. The summed E-state index contributed by atoms with van der Waals surface area (Å²) < 4.78 is 9.55. The molecule has 0 aliphatic rings. The van der Waals surface area contributed by atoms with Crippen molar-refractivity contribution in [1.82, 2.24) is 4.98 Å². The first-order valence-electron chi connectivity index (χ1n) is 6.78. The van der Waals surface area contributed by atoms with Gasteiger partial charge in [-0.15, -0.1) is 4.91 Å². The summed E-state index contributed by atoms with van der Waals surface area (Å²) in [5, 5.41) is 2.53. The average molecular weight is 310 g/mol. The minimum atomic E-state index is -1.80. The number of carbonyl (C=O) groups excluding carboxylic acids is 3. The number of aryl methyl sites for hydroxylation is 1. The number of ketones is 1. The molecule has 1 heterocycles. The maximum absolute atomic E-state index is 12.3. The summed E-state index contributed by atoms with van der Waals surface area (Å²) in [6.07, 6.45) is 0. The van der Waals surface area contributed by atoms with E-state index in [-0.39, 0.29) is 24.5 Å². The summed E-state index contributed by atoms with van der Waals surface area (Å²) in [5.74, 6) is -2.45. The van der Waals surface area contributed by atoms with E-state index in [4.69, 9.17) is 4.74 Å². The number of ether oxygens (including phenoxy) is 2. The molecule has 0 radical (unpaired) electrons. The molecule has 8 nitrogen and oxygen atoms in total. The number of nitrogens with zero attached hydrogens (tertiary/aromatic N) is 1. The van der Waals surface area contributed by atoms with Crippen LogP contribution in [0.15, 0.2) is 5.18 Å². The first-order chi connectivity index (χ1) is 10.4. The van der Waals surface area contributed by atoms with Crippen LogP contribution >= 0.6 is 0 Å². The van der Waals surface area contributed by atoms with Gasteiger partial charge in [0, 0.05) is 5.69 Å². The van der Waals surface area contributed by atoms with Crippen molar-refractivity contribution in [3.8, 4) is 0 Å². The van der Waals surface area contributed by atoms with Gasteiger partial charge in [-0.25, -0.2) is 9.59 Å². The zero-order valence-electron chi connectivity index (χ0n) is 12.9. The molecule has 0 bridgehead atoms. The Hall–Kier alpha value is -2.51. The molecule has 0 aliphatic carbocycles. The van der Waals surface area contributed by atoms with E-state index in [0.717, 1.165) is 0 Å². The van der Waals surface area contributed by atoms with Gasteiger partial charge in [0.15, 0.2) is 0 Å². The highest BCUT2D eigenvalue weighted by Gasteiger charge is 2.34. The number of hydrogen-bond acceptors (Lipinski definition) is 7. The van der Waals surface area contributed by atoms with Crippen molar-refractivity contribution in [1.29, 1.82) is 0 Å². The van der Waals surface area contributed by atoms with Crippen LogP contribution in [-0.2, 0) is 14.3 Å². The molecule has 0 saturated carbocycles. The Bertz CT molecular complexity index is 605. The fraction of sp³-hybridized carbons (Fsp3) is 0.500. The molecular formula is C14H18N2O6. The van der Waals surface area contributed by atoms with Gasteiger partial charge in [0.25, 0.3) is 6.04 Å². The number of carbonyl (C=O) groups is 3. The van der Waals surface area contributed by atoms with Gasteiger partial charge in [0.1, 0.15) is 0 Å². The van der Waals surface area contributed by atoms with E-state index in [9.17, 15) is 19.3 Å². The molecule has 8 heteroatoms. The molecule has 1 aromatic rings. The molecule has 1 aromatic heterocycles. The molecule has 1 atom stereocenters. The fourth-order valence-corrected chi connectivity index (χ4v) is 2.06. The minimum Gasteiger partial charge on any atom is -0.464 e. The molecular weight excluding hydrogens is 292 g/mol. The summed E-state index contributed by atoms with van der Waals surface area (Å²) in [6.45, 7) is 6.53. The monoisotopic (exact) mass is 310 g/mol. The predicted molar refractivity (Wildman–Crippen MR) is 76.8 cm³/mol. The highest BCUT2D eigenvalue weighted by molar-refractivity contribution is 6.13. The molecule has 0 unspecified atom stereocenters. The Kier molecular flexibility index (Phi) is 5.97. The standard InChI is InChI=1S/C14H18N2O6/c1-5-21-13(18)9-7(3)10(15-8(9)4)12(17)11(16-20)14(19)22-6-2/h11,15H,5-6H2,1-4H3/t11-/m0/s1. The lowest BCUT2D eigenvalue weighted by molar-refractivity contribution is -0.143. The Balaban J connectivity index is 3.19. The molecule has 0 spiro atoms. The van der Waals surface area contributed by atoms with Crippen molar-refractivity contribution >= 4 is 17.7 Å². The van der Waals surface area contributed by atoms with E-state index in [1.165, 1.54) is 6.92 Å². The highest BCUT2D eigenvalue weighted by Crippen LogP contribution is 2.21. The van der Waals surface area contributed by atoms with Crippen molar-refractivity contribution in [2.45, 2.75) is 33.7 Å². The van der Waals surface area contributed by atoms with E-state index >= 15 is 0 Å². The van der Waals surface area contributed by atoms with Crippen LogP contribution in [0.25, 0.3) is 0 Å². The number of aromatic nitrogens is 1. The maximum atomic E-state index is 12.3. The lowest BCUT2D eigenvalue weighted by Crippen LogP contribution is -2.30. The van der Waals surface area contributed by atoms with E-state index in [0.29, 0.717) is 11.3 Å². The third-order valence-electron chi connectivity index (χ3n) is 3.03. The second kappa shape index (κ2) is 7.48. The Morgan fingerprint density at radius 2 is 1.73 bits per heavy atom. The van der Waals surface area contributed by atoms with Crippen LogP contribution in [0.1, 0.15) is 46.0 Å².